The molecule has 7 heteroatoms. The van der Waals surface area contributed by atoms with E-state index in [1.54, 1.807) is 16.4 Å². The fourth-order valence-electron chi connectivity index (χ4n) is 3.57. The molecule has 6 nitrogen and oxygen atoms in total. The van der Waals surface area contributed by atoms with Crippen molar-refractivity contribution in [2.45, 2.75) is 49.7 Å². The van der Waals surface area contributed by atoms with Gasteiger partial charge < -0.3 is 5.73 Å². The summed E-state index contributed by atoms with van der Waals surface area (Å²) in [6, 6.07) is 3.70. The van der Waals surface area contributed by atoms with Gasteiger partial charge in [0.1, 0.15) is 0 Å². The number of rotatable bonds is 4. The lowest BCUT2D eigenvalue weighted by atomic mass is 10.0. The van der Waals surface area contributed by atoms with Gasteiger partial charge in [-0.3, -0.25) is 4.90 Å². The van der Waals surface area contributed by atoms with Gasteiger partial charge >= 0.3 is 0 Å². The second-order valence-corrected chi connectivity index (χ2v) is 8.35. The van der Waals surface area contributed by atoms with Gasteiger partial charge in [-0.05, 0) is 56.5 Å². The van der Waals surface area contributed by atoms with Crippen LogP contribution in [0, 0.1) is 0 Å². The van der Waals surface area contributed by atoms with E-state index in [9.17, 15) is 8.42 Å². The van der Waals surface area contributed by atoms with Gasteiger partial charge in [0.2, 0.25) is 0 Å². The van der Waals surface area contributed by atoms with Crippen LogP contribution in [-0.2, 0) is 16.6 Å². The van der Waals surface area contributed by atoms with Gasteiger partial charge in [-0.15, -0.1) is 0 Å². The Kier molecular flexibility index (Phi) is 5.31. The Hall–Kier alpha value is -1.02. The van der Waals surface area contributed by atoms with E-state index in [4.69, 9.17) is 5.73 Å². The van der Waals surface area contributed by atoms with E-state index in [-0.39, 0.29) is 5.03 Å². The lowest BCUT2D eigenvalue weighted by Crippen LogP contribution is -2.51. The van der Waals surface area contributed by atoms with Crippen molar-refractivity contribution >= 4 is 10.0 Å². The molecular weight excluding hydrogens is 312 g/mol. The molecule has 0 saturated carbocycles. The first kappa shape index (κ1) is 16.8. The monoisotopic (exact) mass is 338 g/mol. The normalized spacial score (nSPS) is 24.7. The van der Waals surface area contributed by atoms with Crippen LogP contribution in [0.5, 0.6) is 0 Å². The van der Waals surface area contributed by atoms with Crippen molar-refractivity contribution in [2.24, 2.45) is 5.73 Å². The molecule has 1 atom stereocenters. The number of hydrogen-bond acceptors (Lipinski definition) is 5. The van der Waals surface area contributed by atoms with Gasteiger partial charge in [0.05, 0.1) is 0 Å². The van der Waals surface area contributed by atoms with Gasteiger partial charge in [-0.25, -0.2) is 13.4 Å². The Bertz CT molecular complexity index is 629. The van der Waals surface area contributed by atoms with Gasteiger partial charge in [-0.2, -0.15) is 4.31 Å². The first-order chi connectivity index (χ1) is 11.1. The zero-order valence-electron chi connectivity index (χ0n) is 13.5. The van der Waals surface area contributed by atoms with Gasteiger partial charge in [0.15, 0.2) is 5.03 Å². The van der Waals surface area contributed by atoms with Crippen LogP contribution in [0.25, 0.3) is 0 Å². The zero-order chi connectivity index (χ0) is 16.3. The van der Waals surface area contributed by atoms with E-state index < -0.39 is 10.0 Å². The van der Waals surface area contributed by atoms with Crippen molar-refractivity contribution in [3.05, 3.63) is 23.9 Å². The molecule has 128 valence electrons. The second-order valence-electron chi connectivity index (χ2n) is 6.46. The summed E-state index contributed by atoms with van der Waals surface area (Å²) in [5.74, 6) is 0. The minimum Gasteiger partial charge on any atom is -0.326 e. The van der Waals surface area contributed by atoms with E-state index in [1.807, 2.05) is 0 Å². The molecule has 2 fully saturated rings. The maximum Gasteiger partial charge on any atom is 0.260 e. The Labute approximate surface area is 138 Å². The molecule has 0 aromatic carbocycles. The maximum absolute atomic E-state index is 12.9. The number of piperidine rings is 2. The third kappa shape index (κ3) is 3.74. The van der Waals surface area contributed by atoms with Crippen LogP contribution in [0.4, 0.5) is 0 Å². The number of hydrogen-bond donors (Lipinski definition) is 1. The number of nitrogens with two attached hydrogens (primary N) is 1. The van der Waals surface area contributed by atoms with Crippen molar-refractivity contribution in [3.63, 3.8) is 0 Å². The number of aromatic nitrogens is 1. The minimum absolute atomic E-state index is 0.125. The topological polar surface area (TPSA) is 79.5 Å². The quantitative estimate of drug-likeness (QED) is 0.892. The molecule has 2 saturated heterocycles. The molecule has 3 heterocycles. The summed E-state index contributed by atoms with van der Waals surface area (Å²) in [5, 5.41) is 0.125. The summed E-state index contributed by atoms with van der Waals surface area (Å²) >= 11 is 0. The molecule has 0 spiro atoms. The number of pyridine rings is 1. The Balaban J connectivity index is 1.76. The van der Waals surface area contributed by atoms with Gasteiger partial charge in [0.25, 0.3) is 10.0 Å². The molecule has 0 amide bonds. The molecule has 0 radical (unpaired) electrons. The largest absolute Gasteiger partial charge is 0.326 e. The third-order valence-electron chi connectivity index (χ3n) is 4.91. The number of sulfonamides is 1. The maximum atomic E-state index is 12.9. The van der Waals surface area contributed by atoms with E-state index in [0.717, 1.165) is 31.5 Å². The Morgan fingerprint density at radius 2 is 1.96 bits per heavy atom. The first-order valence-electron chi connectivity index (χ1n) is 8.50. The van der Waals surface area contributed by atoms with Crippen LogP contribution in [0.3, 0.4) is 0 Å². The van der Waals surface area contributed by atoms with Crippen molar-refractivity contribution in [1.29, 1.82) is 0 Å². The molecule has 0 bridgehead atoms. The van der Waals surface area contributed by atoms with Crippen molar-refractivity contribution in [1.82, 2.24) is 14.2 Å². The molecule has 3 rings (SSSR count). The van der Waals surface area contributed by atoms with Crippen LogP contribution in [0.2, 0.25) is 0 Å². The summed E-state index contributed by atoms with van der Waals surface area (Å²) in [7, 11) is -3.53. The first-order valence-corrected chi connectivity index (χ1v) is 9.94. The minimum atomic E-state index is -3.53. The van der Waals surface area contributed by atoms with Gasteiger partial charge in [-0.1, -0.05) is 6.42 Å². The molecule has 1 unspecified atom stereocenters. The van der Waals surface area contributed by atoms with Crippen LogP contribution >= 0.6 is 0 Å². The SMILES string of the molecule is NCc1ccnc(S(=O)(=O)N2CCCC(N3CCCCC3)C2)c1. The summed E-state index contributed by atoms with van der Waals surface area (Å²) in [6.45, 7) is 3.68. The highest BCUT2D eigenvalue weighted by Crippen LogP contribution is 2.24. The van der Waals surface area contributed by atoms with E-state index in [0.29, 0.717) is 25.7 Å². The van der Waals surface area contributed by atoms with E-state index in [2.05, 4.69) is 9.88 Å². The fraction of sp³-hybridized carbons (Fsp3) is 0.688. The molecule has 2 aliphatic heterocycles. The summed E-state index contributed by atoms with van der Waals surface area (Å²) in [6.07, 6.45) is 7.27. The van der Waals surface area contributed by atoms with Crippen molar-refractivity contribution in [2.75, 3.05) is 26.2 Å². The Morgan fingerprint density at radius 3 is 2.70 bits per heavy atom. The molecule has 2 N–H and O–H groups in total. The fourth-order valence-corrected chi connectivity index (χ4v) is 5.07. The van der Waals surface area contributed by atoms with Crippen LogP contribution < -0.4 is 5.73 Å². The van der Waals surface area contributed by atoms with Crippen LogP contribution in [0.15, 0.2) is 23.4 Å². The molecular formula is C16H26N4O2S. The average molecular weight is 338 g/mol. The zero-order valence-corrected chi connectivity index (χ0v) is 14.3. The standard InChI is InChI=1S/C16H26N4O2S/c17-12-14-6-7-18-16(11-14)23(21,22)20-10-4-5-15(13-20)19-8-2-1-3-9-19/h6-7,11,15H,1-5,8-10,12-13,17H2. The smallest absolute Gasteiger partial charge is 0.260 e. The molecule has 2 aliphatic rings. The molecule has 1 aromatic rings. The Morgan fingerprint density at radius 1 is 1.17 bits per heavy atom. The highest BCUT2D eigenvalue weighted by molar-refractivity contribution is 7.89. The molecule has 0 aliphatic carbocycles. The van der Waals surface area contributed by atoms with Crippen molar-refractivity contribution in [3.8, 4) is 0 Å². The van der Waals surface area contributed by atoms with Crippen molar-refractivity contribution < 1.29 is 8.42 Å². The third-order valence-corrected chi connectivity index (χ3v) is 6.67. The van der Waals surface area contributed by atoms with E-state index in [1.165, 1.54) is 25.5 Å². The summed E-state index contributed by atoms with van der Waals surface area (Å²) < 4.78 is 27.4. The van der Waals surface area contributed by atoms with Crippen LogP contribution in [0.1, 0.15) is 37.7 Å². The summed E-state index contributed by atoms with van der Waals surface area (Å²) in [5.41, 5.74) is 6.41. The highest BCUT2D eigenvalue weighted by atomic mass is 32.2. The lowest BCUT2D eigenvalue weighted by molar-refractivity contribution is 0.114. The number of nitrogens with zero attached hydrogens (tertiary/aromatic N) is 3. The highest BCUT2D eigenvalue weighted by Gasteiger charge is 2.33. The average Bonchev–Trinajstić information content (AvgIpc) is 2.62. The molecule has 1 aromatic heterocycles. The second kappa shape index (κ2) is 7.25. The molecule has 23 heavy (non-hydrogen) atoms. The van der Waals surface area contributed by atoms with E-state index >= 15 is 0 Å². The van der Waals surface area contributed by atoms with Gasteiger partial charge in [0, 0.05) is 31.9 Å². The lowest BCUT2D eigenvalue weighted by Gasteiger charge is -2.40. The predicted octanol–water partition coefficient (Wildman–Crippen LogP) is 1.18. The number of likely N-dealkylation sites (tertiary alicyclic amines) is 1. The predicted molar refractivity (Wildman–Crippen MR) is 89.3 cm³/mol. The van der Waals surface area contributed by atoms with Crippen LogP contribution in [-0.4, -0.2) is 54.8 Å². The summed E-state index contributed by atoms with van der Waals surface area (Å²) in [4.78, 5) is 6.54.